The Kier molecular flexibility index (Phi) is 3.34. The van der Waals surface area contributed by atoms with Crippen molar-refractivity contribution in [1.82, 2.24) is 0 Å². The summed E-state index contributed by atoms with van der Waals surface area (Å²) in [5.41, 5.74) is 9.66. The van der Waals surface area contributed by atoms with Crippen LogP contribution in [0.4, 0.5) is 11.4 Å². The molecule has 5 rings (SSSR count). The number of fused-ring (bicyclic) bond motifs is 4. The Hall–Kier alpha value is -1.93. The van der Waals surface area contributed by atoms with Crippen LogP contribution in [0.15, 0.2) is 72.8 Å². The molecule has 0 amide bonds. The zero-order valence-electron chi connectivity index (χ0n) is 13.2. The molecule has 3 aromatic rings. The van der Waals surface area contributed by atoms with Crippen LogP contribution in [-0.4, -0.2) is 0 Å². The van der Waals surface area contributed by atoms with E-state index in [1.54, 1.807) is 0 Å². The molecule has 24 heavy (non-hydrogen) atoms. The summed E-state index contributed by atoms with van der Waals surface area (Å²) < 4.78 is 0.646. The predicted octanol–water partition coefficient (Wildman–Crippen LogP) is 5.62. The molecule has 0 radical (unpaired) electrons. The molecule has 2 aliphatic rings. The molecule has 2 heteroatoms. The zero-order valence-corrected chi connectivity index (χ0v) is 16.8. The van der Waals surface area contributed by atoms with Crippen molar-refractivity contribution in [2.45, 2.75) is 10.2 Å². The normalized spacial score (nSPS) is 17.3. The van der Waals surface area contributed by atoms with E-state index >= 15 is 0 Å². The Morgan fingerprint density at radius 2 is 1.54 bits per heavy atom. The first-order chi connectivity index (χ1) is 11.8. The number of hydrogen-bond donors (Lipinski definition) is 0. The maximum absolute atomic E-state index is 2.49. The minimum atomic E-state index is 0.646. The maximum atomic E-state index is 2.49. The Labute approximate surface area is 157 Å². The molecule has 0 saturated carbocycles. The monoisotopic (exact) mass is 474 g/mol. The van der Waals surface area contributed by atoms with Crippen molar-refractivity contribution in [3.63, 3.8) is 0 Å². The Morgan fingerprint density at radius 3 is 2.46 bits per heavy atom. The van der Waals surface area contributed by atoms with Gasteiger partial charge in [-0.2, -0.15) is 0 Å². The Bertz CT molecular complexity index is 973. The molecule has 3 aromatic carbocycles. The van der Waals surface area contributed by atoms with Crippen molar-refractivity contribution in [2.24, 2.45) is 0 Å². The number of nitrogens with zero attached hydrogens (tertiary/aromatic N) is 1. The van der Waals surface area contributed by atoms with Gasteiger partial charge in [0.25, 0.3) is 0 Å². The van der Waals surface area contributed by atoms with Crippen molar-refractivity contribution >= 4 is 17.5 Å². The van der Waals surface area contributed by atoms with Crippen LogP contribution in [0.25, 0.3) is 17.2 Å². The molecule has 1 atom stereocenters. The average Bonchev–Trinajstić information content (AvgIpc) is 3.02. The van der Waals surface area contributed by atoms with Gasteiger partial charge in [0.1, 0.15) is 0 Å². The molecular formula is C22H16HfN. The average molecular weight is 473 g/mol. The third-order valence-corrected chi connectivity index (χ3v) is 6.84. The number of benzene rings is 3. The second kappa shape index (κ2) is 5.56. The van der Waals surface area contributed by atoms with E-state index in [0.29, 0.717) is 3.67 Å². The van der Waals surface area contributed by atoms with Crippen molar-refractivity contribution in [3.8, 4) is 11.1 Å². The summed E-state index contributed by atoms with van der Waals surface area (Å²) in [6, 6.07) is 24.4. The second-order valence-electron chi connectivity index (χ2n) is 6.38. The summed E-state index contributed by atoms with van der Waals surface area (Å²) in [5, 5.41) is 0. The first-order valence-corrected chi connectivity index (χ1v) is 10.4. The van der Waals surface area contributed by atoms with E-state index in [1.807, 2.05) is 0 Å². The molecule has 0 N–H and O–H groups in total. The molecule has 1 unspecified atom stereocenters. The van der Waals surface area contributed by atoms with Crippen LogP contribution in [0.5, 0.6) is 0 Å². The van der Waals surface area contributed by atoms with Crippen LogP contribution >= 0.6 is 0 Å². The zero-order chi connectivity index (χ0) is 16.1. The van der Waals surface area contributed by atoms with Crippen LogP contribution in [-0.2, 0) is 30.9 Å². The van der Waals surface area contributed by atoms with E-state index < -0.39 is 0 Å². The molecule has 1 aliphatic carbocycles. The van der Waals surface area contributed by atoms with E-state index in [-0.39, 0.29) is 0 Å². The SMILES string of the molecule is [Hf][CH]1C=Cc2c1cccc2N1Cc2ccccc2-c2ccccc21. The molecule has 1 aliphatic heterocycles. The van der Waals surface area contributed by atoms with Crippen molar-refractivity contribution in [1.29, 1.82) is 0 Å². The van der Waals surface area contributed by atoms with Crippen LogP contribution in [0, 0.1) is 0 Å². The van der Waals surface area contributed by atoms with Gasteiger partial charge in [0.15, 0.2) is 0 Å². The number of hydrogen-bond acceptors (Lipinski definition) is 1. The third-order valence-electron chi connectivity index (χ3n) is 5.03. The van der Waals surface area contributed by atoms with Crippen LogP contribution < -0.4 is 4.90 Å². The van der Waals surface area contributed by atoms with Gasteiger partial charge < -0.3 is 0 Å². The van der Waals surface area contributed by atoms with Crippen molar-refractivity contribution in [2.75, 3.05) is 4.90 Å². The van der Waals surface area contributed by atoms with Gasteiger partial charge >= 0.3 is 158 Å². The molecular weight excluding hydrogens is 457 g/mol. The van der Waals surface area contributed by atoms with Crippen LogP contribution in [0.2, 0.25) is 0 Å². The molecule has 0 fully saturated rings. The second-order valence-corrected chi connectivity index (χ2v) is 8.61. The molecule has 1 nitrogen and oxygen atoms in total. The minimum absolute atomic E-state index is 0.646. The van der Waals surface area contributed by atoms with E-state index in [4.69, 9.17) is 0 Å². The molecule has 0 aromatic heterocycles. The van der Waals surface area contributed by atoms with Gasteiger partial charge in [-0.05, 0) is 0 Å². The fraction of sp³-hybridized carbons (Fsp3) is 0.0909. The van der Waals surface area contributed by atoms with Crippen LogP contribution in [0.3, 0.4) is 0 Å². The summed E-state index contributed by atoms with van der Waals surface area (Å²) >= 11 is 1.17. The summed E-state index contributed by atoms with van der Waals surface area (Å²) in [6.45, 7) is 0.934. The fourth-order valence-corrected chi connectivity index (χ4v) is 5.13. The van der Waals surface area contributed by atoms with E-state index in [9.17, 15) is 0 Å². The number of anilines is 2. The van der Waals surface area contributed by atoms with Gasteiger partial charge in [-0.1, -0.05) is 0 Å². The summed E-state index contributed by atoms with van der Waals surface area (Å²) in [4.78, 5) is 2.49. The van der Waals surface area contributed by atoms with Gasteiger partial charge in [-0.3, -0.25) is 0 Å². The number of para-hydroxylation sites is 1. The summed E-state index contributed by atoms with van der Waals surface area (Å²) in [5.74, 6) is 0. The van der Waals surface area contributed by atoms with E-state index in [0.717, 1.165) is 6.54 Å². The number of allylic oxidation sites excluding steroid dienone is 1. The standard InChI is InChI=1S/C22H16N.Hf/c1-2-10-18-17(7-1)15-23(22-13-4-3-11-20(18)22)21-14-6-9-16-8-5-12-19(16)21;/h1-14H,15H2;. The summed E-state index contributed by atoms with van der Waals surface area (Å²) in [7, 11) is 0. The Morgan fingerprint density at radius 1 is 0.792 bits per heavy atom. The quantitative estimate of drug-likeness (QED) is 0.415. The molecule has 1 heterocycles. The molecule has 0 spiro atoms. The number of rotatable bonds is 1. The molecule has 113 valence electrons. The predicted molar refractivity (Wildman–Crippen MR) is 95.9 cm³/mol. The van der Waals surface area contributed by atoms with Gasteiger partial charge in [-0.25, -0.2) is 0 Å². The van der Waals surface area contributed by atoms with Gasteiger partial charge in [0, 0.05) is 0 Å². The van der Waals surface area contributed by atoms with Crippen molar-refractivity contribution < 1.29 is 24.4 Å². The van der Waals surface area contributed by atoms with Gasteiger partial charge in [0.2, 0.25) is 0 Å². The molecule has 0 bridgehead atoms. The fourth-order valence-electron chi connectivity index (χ4n) is 3.88. The molecule has 0 saturated heterocycles. The van der Waals surface area contributed by atoms with E-state index in [2.05, 4.69) is 83.8 Å². The van der Waals surface area contributed by atoms with Gasteiger partial charge in [-0.15, -0.1) is 0 Å². The third kappa shape index (κ3) is 2.09. The topological polar surface area (TPSA) is 3.24 Å². The van der Waals surface area contributed by atoms with Gasteiger partial charge in [0.05, 0.1) is 0 Å². The Balaban J connectivity index is 1.73. The van der Waals surface area contributed by atoms with Crippen LogP contribution in [0.1, 0.15) is 20.4 Å². The first-order valence-electron chi connectivity index (χ1n) is 8.30. The first kappa shape index (κ1) is 14.4. The van der Waals surface area contributed by atoms with E-state index in [1.165, 1.54) is 63.6 Å². The summed E-state index contributed by atoms with van der Waals surface area (Å²) in [6.07, 6.45) is 4.69. The van der Waals surface area contributed by atoms with Crippen molar-refractivity contribution in [3.05, 3.63) is 89.5 Å².